The predicted molar refractivity (Wildman–Crippen MR) is 48.2 cm³/mol. The fourth-order valence-corrected chi connectivity index (χ4v) is 1.22. The molecule has 0 aromatic carbocycles. The average molecular weight is 180 g/mol. The first kappa shape index (κ1) is 12.4. The third-order valence-electron chi connectivity index (χ3n) is 2.25. The number of hydrogen-bond donors (Lipinski definition) is 2. The van der Waals surface area contributed by atoms with Crippen LogP contribution in [0.3, 0.4) is 0 Å². The number of carbonyl (C=O) groups is 1. The zero-order valence-electron chi connectivity index (χ0n) is 7.84. The molecule has 1 atom stereocenters. The van der Waals surface area contributed by atoms with Crippen LogP contribution < -0.4 is 5.32 Å². The zero-order valence-corrected chi connectivity index (χ0v) is 9.84. The largest absolute Gasteiger partial charge is 0.480 e. The molecule has 2 N–H and O–H groups in total. The predicted octanol–water partition coefficient (Wildman–Crippen LogP) is 0.611. The van der Waals surface area contributed by atoms with E-state index in [0.717, 1.165) is 12.8 Å². The Bertz CT molecular complexity index is 148. The van der Waals surface area contributed by atoms with Gasteiger partial charge in [-0.3, -0.25) is 4.79 Å². The van der Waals surface area contributed by atoms with Crippen LogP contribution in [0.25, 0.3) is 0 Å². The summed E-state index contributed by atoms with van der Waals surface area (Å²) in [6.45, 7) is 1.89. The van der Waals surface area contributed by atoms with E-state index in [4.69, 9.17) is 5.11 Å². The van der Waals surface area contributed by atoms with Gasteiger partial charge in [0.2, 0.25) is 0 Å². The van der Waals surface area contributed by atoms with Gasteiger partial charge in [-0.1, -0.05) is 13.3 Å². The first-order chi connectivity index (χ1) is 5.24. The smallest absolute Gasteiger partial charge is 0.320 e. The van der Waals surface area contributed by atoms with E-state index >= 15 is 0 Å². The second-order valence-electron chi connectivity index (χ2n) is 3.09. The summed E-state index contributed by atoms with van der Waals surface area (Å²) in [5, 5.41) is 11.8. The van der Waals surface area contributed by atoms with Gasteiger partial charge in [-0.05, 0) is 19.3 Å². The molecule has 0 aromatic rings. The van der Waals surface area contributed by atoms with Gasteiger partial charge >= 0.3 is 5.97 Å². The van der Waals surface area contributed by atoms with E-state index in [2.05, 4.69) is 5.32 Å². The standard InChI is InChI=1S/C8H15NO2.Na/c1-2-7(8(10)11)9-6-4-3-5-6;/h6-7,9H,2-5H2,1H3,(H,10,11);. The van der Waals surface area contributed by atoms with E-state index in [1.165, 1.54) is 6.42 Å². The van der Waals surface area contributed by atoms with E-state index in [1.807, 2.05) is 6.92 Å². The summed E-state index contributed by atoms with van der Waals surface area (Å²) in [7, 11) is 0. The van der Waals surface area contributed by atoms with Gasteiger partial charge in [0, 0.05) is 35.6 Å². The minimum Gasteiger partial charge on any atom is -0.480 e. The van der Waals surface area contributed by atoms with Crippen molar-refractivity contribution in [3.63, 3.8) is 0 Å². The Labute approximate surface area is 95.2 Å². The Morgan fingerprint density at radius 3 is 2.50 bits per heavy atom. The summed E-state index contributed by atoms with van der Waals surface area (Å²) < 4.78 is 0. The normalized spacial score (nSPS) is 19.1. The van der Waals surface area contributed by atoms with Crippen molar-refractivity contribution in [2.45, 2.75) is 44.7 Å². The molecule has 1 radical (unpaired) electrons. The third-order valence-corrected chi connectivity index (χ3v) is 2.25. The molecule has 65 valence electrons. The molecule has 0 aromatic heterocycles. The summed E-state index contributed by atoms with van der Waals surface area (Å²) in [5.41, 5.74) is 0. The molecular weight excluding hydrogens is 165 g/mol. The van der Waals surface area contributed by atoms with Crippen LogP contribution in [0.5, 0.6) is 0 Å². The van der Waals surface area contributed by atoms with E-state index in [0.29, 0.717) is 12.5 Å². The molecule has 1 aliphatic rings. The minimum atomic E-state index is -0.723. The minimum absolute atomic E-state index is 0. The van der Waals surface area contributed by atoms with Gasteiger partial charge < -0.3 is 10.4 Å². The molecule has 0 spiro atoms. The van der Waals surface area contributed by atoms with Crippen molar-refractivity contribution in [2.24, 2.45) is 0 Å². The van der Waals surface area contributed by atoms with Crippen LogP contribution >= 0.6 is 0 Å². The summed E-state index contributed by atoms with van der Waals surface area (Å²) in [6.07, 6.45) is 4.20. The van der Waals surface area contributed by atoms with E-state index in [1.54, 1.807) is 0 Å². The van der Waals surface area contributed by atoms with Gasteiger partial charge in [0.05, 0.1) is 0 Å². The Morgan fingerprint density at radius 1 is 1.67 bits per heavy atom. The van der Waals surface area contributed by atoms with Crippen molar-refractivity contribution in [3.8, 4) is 0 Å². The first-order valence-electron chi connectivity index (χ1n) is 4.23. The molecule has 0 amide bonds. The van der Waals surface area contributed by atoms with Crippen molar-refractivity contribution >= 4 is 35.5 Å². The SMILES string of the molecule is CCC(NC1CCC1)C(=O)O.[Na]. The van der Waals surface area contributed by atoms with Crippen molar-refractivity contribution in [3.05, 3.63) is 0 Å². The van der Waals surface area contributed by atoms with Gasteiger partial charge in [0.1, 0.15) is 6.04 Å². The second-order valence-corrected chi connectivity index (χ2v) is 3.09. The van der Waals surface area contributed by atoms with Gasteiger partial charge in [-0.25, -0.2) is 0 Å². The fourth-order valence-electron chi connectivity index (χ4n) is 1.22. The van der Waals surface area contributed by atoms with Crippen LogP contribution in [0.15, 0.2) is 0 Å². The van der Waals surface area contributed by atoms with Crippen LogP contribution in [0.1, 0.15) is 32.6 Å². The molecule has 1 aliphatic carbocycles. The van der Waals surface area contributed by atoms with Gasteiger partial charge in [-0.15, -0.1) is 0 Å². The maximum Gasteiger partial charge on any atom is 0.320 e. The van der Waals surface area contributed by atoms with Crippen LogP contribution in [0, 0.1) is 0 Å². The van der Waals surface area contributed by atoms with Gasteiger partial charge in [-0.2, -0.15) is 0 Å². The number of carboxylic acid groups (broad SMARTS) is 1. The second kappa shape index (κ2) is 5.97. The Morgan fingerprint density at radius 2 is 2.25 bits per heavy atom. The van der Waals surface area contributed by atoms with Crippen LogP contribution in [-0.4, -0.2) is 52.7 Å². The van der Waals surface area contributed by atoms with Crippen LogP contribution in [0.4, 0.5) is 0 Å². The molecule has 1 rings (SSSR count). The Hall–Kier alpha value is 0.430. The van der Waals surface area contributed by atoms with E-state index in [9.17, 15) is 4.79 Å². The van der Waals surface area contributed by atoms with E-state index < -0.39 is 5.97 Å². The van der Waals surface area contributed by atoms with Crippen molar-refractivity contribution in [1.82, 2.24) is 5.32 Å². The monoisotopic (exact) mass is 180 g/mol. The molecular formula is C8H15NNaO2. The molecule has 1 fully saturated rings. The number of carboxylic acids is 1. The number of hydrogen-bond acceptors (Lipinski definition) is 2. The van der Waals surface area contributed by atoms with Crippen LogP contribution in [-0.2, 0) is 4.79 Å². The number of nitrogens with one attached hydrogen (secondary N) is 1. The Balaban J connectivity index is 0.00000121. The van der Waals surface area contributed by atoms with Crippen molar-refractivity contribution in [2.75, 3.05) is 0 Å². The maximum absolute atomic E-state index is 10.5. The summed E-state index contributed by atoms with van der Waals surface area (Å²) in [5.74, 6) is -0.723. The molecule has 0 heterocycles. The number of aliphatic carboxylic acids is 1. The quantitative estimate of drug-likeness (QED) is 0.623. The number of rotatable bonds is 4. The fraction of sp³-hybridized carbons (Fsp3) is 0.875. The summed E-state index contributed by atoms with van der Waals surface area (Å²) in [4.78, 5) is 10.5. The van der Waals surface area contributed by atoms with Crippen molar-refractivity contribution < 1.29 is 9.90 Å². The molecule has 0 bridgehead atoms. The van der Waals surface area contributed by atoms with Crippen LogP contribution in [0.2, 0.25) is 0 Å². The van der Waals surface area contributed by atoms with E-state index in [-0.39, 0.29) is 35.6 Å². The maximum atomic E-state index is 10.5. The van der Waals surface area contributed by atoms with Gasteiger partial charge in [0.25, 0.3) is 0 Å². The average Bonchev–Trinajstić information content (AvgIpc) is 1.85. The third kappa shape index (κ3) is 3.44. The topological polar surface area (TPSA) is 49.3 Å². The Kier molecular flexibility index (Phi) is 6.19. The van der Waals surface area contributed by atoms with Gasteiger partial charge in [0.15, 0.2) is 0 Å². The zero-order chi connectivity index (χ0) is 8.27. The molecule has 12 heavy (non-hydrogen) atoms. The molecule has 1 saturated carbocycles. The molecule has 0 aliphatic heterocycles. The first-order valence-corrected chi connectivity index (χ1v) is 4.23. The summed E-state index contributed by atoms with van der Waals surface area (Å²) in [6, 6.07) is 0.136. The van der Waals surface area contributed by atoms with Crippen molar-refractivity contribution in [1.29, 1.82) is 0 Å². The molecule has 3 nitrogen and oxygen atoms in total. The molecule has 4 heteroatoms. The molecule has 0 saturated heterocycles. The molecule has 1 unspecified atom stereocenters. The summed E-state index contributed by atoms with van der Waals surface area (Å²) >= 11 is 0.